The molecule has 1 unspecified atom stereocenters. The molecule has 1 saturated carbocycles. The summed E-state index contributed by atoms with van der Waals surface area (Å²) in [5.41, 5.74) is 6.27. The number of sulfonamides is 1. The third-order valence-corrected chi connectivity index (χ3v) is 4.55. The first-order chi connectivity index (χ1) is 8.51. The van der Waals surface area contributed by atoms with Gasteiger partial charge in [-0.1, -0.05) is 18.9 Å². The summed E-state index contributed by atoms with van der Waals surface area (Å²) in [5.74, 6) is 0.690. The van der Waals surface area contributed by atoms with Crippen LogP contribution < -0.4 is 10.5 Å². The third-order valence-electron chi connectivity index (χ3n) is 3.05. The Morgan fingerprint density at radius 2 is 2.22 bits per heavy atom. The maximum Gasteiger partial charge on any atom is 0.258 e. The molecule has 1 aliphatic carbocycles. The van der Waals surface area contributed by atoms with Crippen LogP contribution in [-0.2, 0) is 16.6 Å². The molecule has 3 N–H and O–H groups in total. The van der Waals surface area contributed by atoms with Gasteiger partial charge >= 0.3 is 0 Å². The van der Waals surface area contributed by atoms with Crippen molar-refractivity contribution >= 4 is 10.0 Å². The molecule has 6 heteroatoms. The number of rotatable bonds is 6. The standard InChI is InChI=1S/C12H19N3O2S/c1-9(6-10-2-3-10)15-18(16,17)12-5-4-11(7-13)8-14-12/h4-5,8-10,15H,2-3,6-7,13H2,1H3. The summed E-state index contributed by atoms with van der Waals surface area (Å²) in [4.78, 5) is 3.94. The van der Waals surface area contributed by atoms with Crippen LogP contribution >= 0.6 is 0 Å². The molecule has 2 rings (SSSR count). The van der Waals surface area contributed by atoms with Crippen LogP contribution in [0.15, 0.2) is 23.4 Å². The molecule has 0 aromatic carbocycles. The van der Waals surface area contributed by atoms with Gasteiger partial charge in [0.25, 0.3) is 10.0 Å². The van der Waals surface area contributed by atoms with Crippen LogP contribution in [0.5, 0.6) is 0 Å². The molecule has 100 valence electrons. The summed E-state index contributed by atoms with van der Waals surface area (Å²) in [6.07, 6.45) is 4.84. The fourth-order valence-electron chi connectivity index (χ4n) is 1.92. The summed E-state index contributed by atoms with van der Waals surface area (Å²) < 4.78 is 26.7. The number of hydrogen-bond donors (Lipinski definition) is 2. The van der Waals surface area contributed by atoms with Crippen LogP contribution in [0, 0.1) is 5.92 Å². The Morgan fingerprint density at radius 1 is 1.50 bits per heavy atom. The van der Waals surface area contributed by atoms with Crippen LogP contribution in [0.25, 0.3) is 0 Å². The molecule has 1 aromatic rings. The quantitative estimate of drug-likeness (QED) is 0.807. The zero-order valence-corrected chi connectivity index (χ0v) is 11.3. The summed E-state index contributed by atoms with van der Waals surface area (Å²) in [7, 11) is -3.50. The van der Waals surface area contributed by atoms with E-state index in [2.05, 4.69) is 9.71 Å². The fourth-order valence-corrected chi connectivity index (χ4v) is 3.10. The Labute approximate surface area is 108 Å². The summed E-state index contributed by atoms with van der Waals surface area (Å²) in [6, 6.07) is 3.14. The molecule has 1 aliphatic rings. The van der Waals surface area contributed by atoms with Gasteiger partial charge < -0.3 is 5.73 Å². The lowest BCUT2D eigenvalue weighted by molar-refractivity contribution is 0.527. The molecule has 0 aliphatic heterocycles. The van der Waals surface area contributed by atoms with Crippen molar-refractivity contribution in [1.29, 1.82) is 0 Å². The second-order valence-corrected chi connectivity index (χ2v) is 6.57. The van der Waals surface area contributed by atoms with Gasteiger partial charge in [0.15, 0.2) is 5.03 Å². The van der Waals surface area contributed by atoms with Gasteiger partial charge in [-0.15, -0.1) is 0 Å². The second kappa shape index (κ2) is 5.34. The molecule has 0 amide bonds. The predicted molar refractivity (Wildman–Crippen MR) is 69.3 cm³/mol. The highest BCUT2D eigenvalue weighted by atomic mass is 32.2. The zero-order chi connectivity index (χ0) is 13.2. The van der Waals surface area contributed by atoms with E-state index in [1.54, 1.807) is 6.07 Å². The van der Waals surface area contributed by atoms with Crippen molar-refractivity contribution in [3.05, 3.63) is 23.9 Å². The number of nitrogens with two attached hydrogens (primary N) is 1. The van der Waals surface area contributed by atoms with Crippen LogP contribution in [0.4, 0.5) is 0 Å². The molecule has 0 bridgehead atoms. The average Bonchev–Trinajstić information content (AvgIpc) is 3.12. The lowest BCUT2D eigenvalue weighted by Crippen LogP contribution is -2.33. The minimum atomic E-state index is -3.50. The average molecular weight is 269 g/mol. The lowest BCUT2D eigenvalue weighted by atomic mass is 10.2. The highest BCUT2D eigenvalue weighted by molar-refractivity contribution is 7.89. The SMILES string of the molecule is CC(CC1CC1)NS(=O)(=O)c1ccc(CN)cn1. The first-order valence-electron chi connectivity index (χ1n) is 6.18. The van der Waals surface area contributed by atoms with Crippen LogP contribution in [0.3, 0.4) is 0 Å². The van der Waals surface area contributed by atoms with E-state index in [-0.39, 0.29) is 11.1 Å². The van der Waals surface area contributed by atoms with Crippen LogP contribution in [-0.4, -0.2) is 19.4 Å². The highest BCUT2D eigenvalue weighted by Crippen LogP contribution is 2.33. The molecule has 1 atom stereocenters. The van der Waals surface area contributed by atoms with Crippen molar-refractivity contribution in [1.82, 2.24) is 9.71 Å². The van der Waals surface area contributed by atoms with Crippen molar-refractivity contribution in [2.24, 2.45) is 11.7 Å². The molecule has 1 fully saturated rings. The Hall–Kier alpha value is -0.980. The molecule has 0 radical (unpaired) electrons. The highest BCUT2D eigenvalue weighted by Gasteiger charge is 2.26. The lowest BCUT2D eigenvalue weighted by Gasteiger charge is -2.13. The smallest absolute Gasteiger partial charge is 0.258 e. The minimum Gasteiger partial charge on any atom is -0.326 e. The topological polar surface area (TPSA) is 85.1 Å². The van der Waals surface area contributed by atoms with Gasteiger partial charge in [-0.05, 0) is 30.9 Å². The van der Waals surface area contributed by atoms with Crippen molar-refractivity contribution in [3.63, 3.8) is 0 Å². The van der Waals surface area contributed by atoms with Crippen molar-refractivity contribution < 1.29 is 8.42 Å². The molecular weight excluding hydrogens is 250 g/mol. The molecular formula is C12H19N3O2S. The minimum absolute atomic E-state index is 0.0431. The Morgan fingerprint density at radius 3 is 2.72 bits per heavy atom. The van der Waals surface area contributed by atoms with E-state index in [1.807, 2.05) is 6.92 Å². The van der Waals surface area contributed by atoms with Crippen molar-refractivity contribution in [2.45, 2.75) is 43.8 Å². The molecule has 0 spiro atoms. The van der Waals surface area contributed by atoms with Gasteiger partial charge in [0.2, 0.25) is 0 Å². The summed E-state index contributed by atoms with van der Waals surface area (Å²) in [6.45, 7) is 2.25. The summed E-state index contributed by atoms with van der Waals surface area (Å²) >= 11 is 0. The van der Waals surface area contributed by atoms with E-state index in [4.69, 9.17) is 5.73 Å². The molecule has 1 aromatic heterocycles. The first-order valence-corrected chi connectivity index (χ1v) is 7.67. The first kappa shape index (κ1) is 13.5. The number of nitrogens with zero attached hydrogens (tertiary/aromatic N) is 1. The number of nitrogens with one attached hydrogen (secondary N) is 1. The maximum absolute atomic E-state index is 12.0. The van der Waals surface area contributed by atoms with Crippen LogP contribution in [0.2, 0.25) is 0 Å². The molecule has 18 heavy (non-hydrogen) atoms. The molecule has 5 nitrogen and oxygen atoms in total. The van der Waals surface area contributed by atoms with E-state index in [0.29, 0.717) is 12.5 Å². The van der Waals surface area contributed by atoms with Crippen molar-refractivity contribution in [3.8, 4) is 0 Å². The van der Waals surface area contributed by atoms with Gasteiger partial charge in [-0.2, -0.15) is 0 Å². The van der Waals surface area contributed by atoms with E-state index in [0.717, 1.165) is 12.0 Å². The number of aromatic nitrogens is 1. The van der Waals surface area contributed by atoms with Gasteiger partial charge in [0, 0.05) is 18.8 Å². The molecule has 1 heterocycles. The Balaban J connectivity index is 2.03. The third kappa shape index (κ3) is 3.51. The Kier molecular flexibility index (Phi) is 3.99. The van der Waals surface area contributed by atoms with Gasteiger partial charge in [0.05, 0.1) is 0 Å². The number of hydrogen-bond acceptors (Lipinski definition) is 4. The van der Waals surface area contributed by atoms with Gasteiger partial charge in [0.1, 0.15) is 0 Å². The second-order valence-electron chi connectivity index (χ2n) is 4.91. The number of pyridine rings is 1. The van der Waals surface area contributed by atoms with E-state index < -0.39 is 10.0 Å². The molecule has 0 saturated heterocycles. The maximum atomic E-state index is 12.0. The normalized spacial score (nSPS) is 17.7. The summed E-state index contributed by atoms with van der Waals surface area (Å²) in [5, 5.41) is 0.0577. The fraction of sp³-hybridized carbons (Fsp3) is 0.583. The largest absolute Gasteiger partial charge is 0.326 e. The van der Waals surface area contributed by atoms with Gasteiger partial charge in [-0.25, -0.2) is 18.1 Å². The predicted octanol–water partition coefficient (Wildman–Crippen LogP) is 1.01. The Bertz CT molecular complexity index is 495. The van der Waals surface area contributed by atoms with Gasteiger partial charge in [-0.3, -0.25) is 0 Å². The van der Waals surface area contributed by atoms with E-state index in [1.165, 1.54) is 25.1 Å². The van der Waals surface area contributed by atoms with Crippen LogP contribution in [0.1, 0.15) is 31.7 Å². The zero-order valence-electron chi connectivity index (χ0n) is 10.5. The van der Waals surface area contributed by atoms with Crippen molar-refractivity contribution in [2.75, 3.05) is 0 Å². The van der Waals surface area contributed by atoms with E-state index >= 15 is 0 Å². The van der Waals surface area contributed by atoms with E-state index in [9.17, 15) is 8.42 Å². The monoisotopic (exact) mass is 269 g/mol.